The monoisotopic (exact) mass is 466 g/mol. The number of alkyl halides is 3. The van der Waals surface area contributed by atoms with Gasteiger partial charge in [-0.25, -0.2) is 8.42 Å². The van der Waals surface area contributed by atoms with Crippen LogP contribution in [0, 0.1) is 0 Å². The first kappa shape index (κ1) is 23.6. The molecule has 2 rings (SSSR count). The summed E-state index contributed by atoms with van der Waals surface area (Å²) in [4.78, 5) is 12.7. The Morgan fingerprint density at radius 3 is 2.27 bits per heavy atom. The molecule has 1 atom stereocenters. The van der Waals surface area contributed by atoms with Gasteiger partial charge in [0.2, 0.25) is 15.9 Å². The zero-order valence-electron chi connectivity index (χ0n) is 16.0. The number of amides is 1. The van der Waals surface area contributed by atoms with Gasteiger partial charge in [-0.2, -0.15) is 0 Å². The van der Waals surface area contributed by atoms with Crippen molar-refractivity contribution < 1.29 is 35.9 Å². The molecule has 0 aliphatic carbocycles. The Hall–Kier alpha value is -2.66. The second-order valence-electron chi connectivity index (χ2n) is 6.11. The zero-order chi connectivity index (χ0) is 22.7. The Balaban J connectivity index is 2.28. The first-order valence-corrected chi connectivity index (χ1v) is 10.5. The number of hydrogen-bond acceptors (Lipinski definition) is 5. The van der Waals surface area contributed by atoms with E-state index >= 15 is 0 Å². The van der Waals surface area contributed by atoms with Gasteiger partial charge < -0.3 is 14.8 Å². The highest BCUT2D eigenvalue weighted by molar-refractivity contribution is 7.92. The largest absolute Gasteiger partial charge is 0.573 e. The summed E-state index contributed by atoms with van der Waals surface area (Å²) in [7, 11) is -2.61. The van der Waals surface area contributed by atoms with Crippen LogP contribution in [0.3, 0.4) is 0 Å². The van der Waals surface area contributed by atoms with Crippen molar-refractivity contribution in [2.75, 3.05) is 23.0 Å². The highest BCUT2D eigenvalue weighted by atomic mass is 35.5. The number of nitrogens with one attached hydrogen (secondary N) is 1. The predicted octanol–water partition coefficient (Wildman–Crippen LogP) is 4.04. The van der Waals surface area contributed by atoms with Crippen LogP contribution < -0.4 is 19.1 Å². The van der Waals surface area contributed by atoms with E-state index in [2.05, 4.69) is 10.1 Å². The van der Waals surface area contributed by atoms with Gasteiger partial charge >= 0.3 is 6.36 Å². The lowest BCUT2D eigenvalue weighted by atomic mass is 10.2. The molecule has 0 saturated carbocycles. The number of methoxy groups -OCH3 is 1. The number of carbonyl (C=O) groups is 1. The fraction of sp³-hybridized carbons (Fsp3) is 0.278. The van der Waals surface area contributed by atoms with Crippen molar-refractivity contribution in [3.8, 4) is 11.5 Å². The van der Waals surface area contributed by atoms with Gasteiger partial charge in [0.25, 0.3) is 0 Å². The molecular weight excluding hydrogens is 449 g/mol. The summed E-state index contributed by atoms with van der Waals surface area (Å²) in [5, 5.41) is 2.68. The molecule has 0 spiro atoms. The van der Waals surface area contributed by atoms with Crippen LogP contribution in [0.2, 0.25) is 5.02 Å². The fourth-order valence-electron chi connectivity index (χ4n) is 2.60. The van der Waals surface area contributed by atoms with Crippen molar-refractivity contribution in [3.63, 3.8) is 0 Å². The molecule has 0 radical (unpaired) electrons. The maximum absolute atomic E-state index is 12.7. The Labute approximate surface area is 176 Å². The molecule has 0 fully saturated rings. The van der Waals surface area contributed by atoms with E-state index in [9.17, 15) is 26.4 Å². The normalized spacial score (nSPS) is 12.8. The number of ether oxygens (including phenoxy) is 2. The molecule has 7 nitrogen and oxygen atoms in total. The summed E-state index contributed by atoms with van der Waals surface area (Å²) in [5.41, 5.74) is 0.206. The number of halogens is 4. The van der Waals surface area contributed by atoms with Crippen molar-refractivity contribution in [1.82, 2.24) is 0 Å². The molecule has 0 aliphatic rings. The standard InChI is InChI=1S/C18H18ClF3N2O5S/c1-11(17(25)23-13-5-7-14(8-6-13)29-18(20,21)22)24(30(3,26)27)15-10-12(19)4-9-16(15)28-2/h4-11H,1-3H3,(H,23,25)/t11-/m0/s1. The molecule has 0 unspecified atom stereocenters. The summed E-state index contributed by atoms with van der Waals surface area (Å²) in [6.45, 7) is 1.35. The van der Waals surface area contributed by atoms with E-state index in [4.69, 9.17) is 16.3 Å². The van der Waals surface area contributed by atoms with Gasteiger partial charge in [-0.1, -0.05) is 11.6 Å². The minimum atomic E-state index is -4.84. The van der Waals surface area contributed by atoms with Crippen molar-refractivity contribution in [2.24, 2.45) is 0 Å². The van der Waals surface area contributed by atoms with E-state index in [1.165, 1.54) is 44.4 Å². The van der Waals surface area contributed by atoms with Crippen molar-refractivity contribution in [2.45, 2.75) is 19.3 Å². The molecule has 0 saturated heterocycles. The fourth-order valence-corrected chi connectivity index (χ4v) is 3.94. The van der Waals surface area contributed by atoms with Crippen LogP contribution in [0.1, 0.15) is 6.92 Å². The molecule has 12 heteroatoms. The summed E-state index contributed by atoms with van der Waals surface area (Å²) in [5.74, 6) is -1.01. The van der Waals surface area contributed by atoms with E-state index in [1.807, 2.05) is 0 Å². The van der Waals surface area contributed by atoms with Crippen molar-refractivity contribution >= 4 is 38.9 Å². The number of anilines is 2. The number of carbonyl (C=O) groups excluding carboxylic acids is 1. The van der Waals surface area contributed by atoms with Crippen molar-refractivity contribution in [1.29, 1.82) is 0 Å². The third kappa shape index (κ3) is 6.17. The molecule has 30 heavy (non-hydrogen) atoms. The summed E-state index contributed by atoms with van der Waals surface area (Å²) in [6.07, 6.45) is -3.92. The molecule has 0 heterocycles. The molecular formula is C18H18ClF3N2O5S. The van der Waals surface area contributed by atoms with E-state index in [0.29, 0.717) is 0 Å². The van der Waals surface area contributed by atoms with Gasteiger partial charge in [0.05, 0.1) is 19.1 Å². The van der Waals surface area contributed by atoms with Gasteiger partial charge in [0.1, 0.15) is 17.5 Å². The second kappa shape index (κ2) is 9.00. The van der Waals surface area contributed by atoms with E-state index in [-0.39, 0.29) is 22.1 Å². The van der Waals surface area contributed by atoms with Crippen LogP contribution in [0.5, 0.6) is 11.5 Å². The third-order valence-electron chi connectivity index (χ3n) is 3.82. The summed E-state index contributed by atoms with van der Waals surface area (Å²) >= 11 is 5.97. The molecule has 2 aromatic rings. The van der Waals surface area contributed by atoms with Gasteiger partial charge in [0, 0.05) is 10.7 Å². The highest BCUT2D eigenvalue weighted by Gasteiger charge is 2.32. The van der Waals surface area contributed by atoms with E-state index in [0.717, 1.165) is 22.7 Å². The number of sulfonamides is 1. The van der Waals surface area contributed by atoms with Gasteiger partial charge in [-0.15, -0.1) is 13.2 Å². The van der Waals surface area contributed by atoms with E-state index in [1.54, 1.807) is 0 Å². The second-order valence-corrected chi connectivity index (χ2v) is 8.41. The maximum atomic E-state index is 12.7. The predicted molar refractivity (Wildman–Crippen MR) is 107 cm³/mol. The van der Waals surface area contributed by atoms with Crippen LogP contribution >= 0.6 is 11.6 Å². The molecule has 164 valence electrons. The van der Waals surface area contributed by atoms with Crippen molar-refractivity contribution in [3.05, 3.63) is 47.5 Å². The lowest BCUT2D eigenvalue weighted by Crippen LogP contribution is -2.45. The minimum absolute atomic E-state index is 0.0593. The van der Waals surface area contributed by atoms with Gasteiger partial charge in [-0.3, -0.25) is 9.10 Å². The molecule has 0 bridgehead atoms. The quantitative estimate of drug-likeness (QED) is 0.665. The Morgan fingerprint density at radius 1 is 1.17 bits per heavy atom. The number of rotatable bonds is 7. The van der Waals surface area contributed by atoms with Crippen LogP contribution in [0.25, 0.3) is 0 Å². The SMILES string of the molecule is COc1ccc(Cl)cc1N([C@@H](C)C(=O)Nc1ccc(OC(F)(F)F)cc1)S(C)(=O)=O. The van der Waals surface area contributed by atoms with Crippen LogP contribution in [-0.2, 0) is 14.8 Å². The first-order valence-electron chi connectivity index (χ1n) is 8.31. The summed E-state index contributed by atoms with van der Waals surface area (Å²) < 4.78 is 71.3. The Kier molecular flexibility index (Phi) is 7.09. The Morgan fingerprint density at radius 2 is 1.77 bits per heavy atom. The smallest absolute Gasteiger partial charge is 0.495 e. The van der Waals surface area contributed by atoms with Crippen LogP contribution in [-0.4, -0.2) is 40.1 Å². The maximum Gasteiger partial charge on any atom is 0.573 e. The highest BCUT2D eigenvalue weighted by Crippen LogP contribution is 2.34. The summed E-state index contributed by atoms with van der Waals surface area (Å²) in [6, 6.07) is 7.48. The first-order chi connectivity index (χ1) is 13.8. The van der Waals surface area contributed by atoms with Gasteiger partial charge in [0.15, 0.2) is 0 Å². The molecule has 1 N–H and O–H groups in total. The zero-order valence-corrected chi connectivity index (χ0v) is 17.6. The lowest BCUT2D eigenvalue weighted by Gasteiger charge is -2.29. The van der Waals surface area contributed by atoms with E-state index < -0.39 is 34.1 Å². The van der Waals surface area contributed by atoms with Gasteiger partial charge in [-0.05, 0) is 49.4 Å². The number of hydrogen-bond donors (Lipinski definition) is 1. The van der Waals surface area contributed by atoms with Crippen LogP contribution in [0.15, 0.2) is 42.5 Å². The number of benzene rings is 2. The minimum Gasteiger partial charge on any atom is -0.495 e. The average Bonchev–Trinajstić information content (AvgIpc) is 2.61. The number of nitrogens with zero attached hydrogens (tertiary/aromatic N) is 1. The lowest BCUT2D eigenvalue weighted by molar-refractivity contribution is -0.274. The third-order valence-corrected chi connectivity index (χ3v) is 5.28. The van der Waals surface area contributed by atoms with Crippen LogP contribution in [0.4, 0.5) is 24.5 Å². The molecule has 2 aromatic carbocycles. The average molecular weight is 467 g/mol. The Bertz CT molecular complexity index is 1010. The topological polar surface area (TPSA) is 84.9 Å². The molecule has 1 amide bonds. The molecule has 0 aromatic heterocycles. The molecule has 0 aliphatic heterocycles.